The summed E-state index contributed by atoms with van der Waals surface area (Å²) in [7, 11) is 0. The van der Waals surface area contributed by atoms with Crippen LogP contribution in [0.4, 0.5) is 10.6 Å². The van der Waals surface area contributed by atoms with Crippen LogP contribution in [0.3, 0.4) is 0 Å². The van der Waals surface area contributed by atoms with Crippen LogP contribution in [-0.2, 0) is 6.54 Å². The Hall–Kier alpha value is -3.09. The number of nitrogens with zero attached hydrogens (tertiary/aromatic N) is 5. The van der Waals surface area contributed by atoms with Crippen molar-refractivity contribution in [2.45, 2.75) is 33.2 Å². The van der Waals surface area contributed by atoms with Gasteiger partial charge in [0.05, 0.1) is 17.7 Å². The molecule has 0 bridgehead atoms. The Bertz CT molecular complexity index is 946. The Balaban J connectivity index is 1.47. The van der Waals surface area contributed by atoms with Crippen LogP contribution >= 0.6 is 0 Å². The first kappa shape index (κ1) is 18.3. The van der Waals surface area contributed by atoms with Crippen LogP contribution in [0.25, 0.3) is 5.69 Å². The van der Waals surface area contributed by atoms with Crippen molar-refractivity contribution in [3.05, 3.63) is 60.3 Å². The third kappa shape index (κ3) is 3.93. The number of urea groups is 1. The molecule has 1 aliphatic rings. The third-order valence-corrected chi connectivity index (χ3v) is 5.24. The average molecular weight is 378 g/mol. The van der Waals surface area contributed by atoms with Gasteiger partial charge in [-0.25, -0.2) is 14.5 Å². The molecule has 7 heteroatoms. The van der Waals surface area contributed by atoms with E-state index in [1.165, 1.54) is 0 Å². The van der Waals surface area contributed by atoms with E-state index in [1.54, 1.807) is 6.20 Å². The number of benzene rings is 1. The van der Waals surface area contributed by atoms with Crippen LogP contribution < -0.4 is 5.32 Å². The summed E-state index contributed by atoms with van der Waals surface area (Å²) >= 11 is 0. The average Bonchev–Trinajstić information content (AvgIpc) is 3.32. The number of hydrogen-bond donors (Lipinski definition) is 1. The lowest BCUT2D eigenvalue weighted by atomic mass is 9.98. The van der Waals surface area contributed by atoms with Crippen molar-refractivity contribution in [3.63, 3.8) is 0 Å². The van der Waals surface area contributed by atoms with E-state index in [9.17, 15) is 4.79 Å². The molecule has 4 rings (SSSR count). The van der Waals surface area contributed by atoms with Gasteiger partial charge in [0, 0.05) is 38.1 Å². The molecular formula is C21H26N6O. The number of piperidine rings is 1. The summed E-state index contributed by atoms with van der Waals surface area (Å²) in [5.41, 5.74) is 2.96. The lowest BCUT2D eigenvalue weighted by Crippen LogP contribution is -2.43. The van der Waals surface area contributed by atoms with Crippen molar-refractivity contribution in [1.82, 2.24) is 24.2 Å². The molecule has 3 heterocycles. The van der Waals surface area contributed by atoms with E-state index in [0.717, 1.165) is 49.4 Å². The largest absolute Gasteiger partial charge is 0.337 e. The number of para-hydroxylation sites is 1. The zero-order valence-corrected chi connectivity index (χ0v) is 16.4. The number of carbonyl (C=O) groups excluding carboxylic acids is 1. The van der Waals surface area contributed by atoms with Crippen molar-refractivity contribution in [2.75, 3.05) is 18.4 Å². The Labute approximate surface area is 165 Å². The number of hydrogen-bond acceptors (Lipinski definition) is 3. The van der Waals surface area contributed by atoms with E-state index >= 15 is 0 Å². The van der Waals surface area contributed by atoms with Crippen LogP contribution in [0.2, 0.25) is 0 Å². The second kappa shape index (κ2) is 7.88. The molecule has 146 valence electrons. The second-order valence-corrected chi connectivity index (χ2v) is 7.51. The molecule has 0 saturated carbocycles. The highest BCUT2D eigenvalue weighted by Crippen LogP contribution is 2.22. The van der Waals surface area contributed by atoms with Gasteiger partial charge >= 0.3 is 6.03 Å². The van der Waals surface area contributed by atoms with Gasteiger partial charge in [0.25, 0.3) is 0 Å². The molecule has 1 atom stereocenters. The lowest BCUT2D eigenvalue weighted by molar-refractivity contribution is 0.170. The number of anilines is 1. The molecule has 7 nitrogen and oxygen atoms in total. The molecule has 1 N–H and O–H groups in total. The molecule has 1 aromatic carbocycles. The van der Waals surface area contributed by atoms with E-state index in [1.807, 2.05) is 66.3 Å². The van der Waals surface area contributed by atoms with Gasteiger partial charge in [-0.05, 0) is 44.2 Å². The molecule has 0 spiro atoms. The first-order chi connectivity index (χ1) is 13.6. The van der Waals surface area contributed by atoms with Gasteiger partial charge in [-0.1, -0.05) is 18.2 Å². The van der Waals surface area contributed by atoms with Crippen LogP contribution in [0.5, 0.6) is 0 Å². The fourth-order valence-electron chi connectivity index (χ4n) is 3.85. The van der Waals surface area contributed by atoms with E-state index in [4.69, 9.17) is 0 Å². The topological polar surface area (TPSA) is 68.0 Å². The maximum Gasteiger partial charge on any atom is 0.323 e. The first-order valence-electron chi connectivity index (χ1n) is 9.74. The number of nitrogens with one attached hydrogen (secondary N) is 1. The summed E-state index contributed by atoms with van der Waals surface area (Å²) in [5, 5.41) is 7.65. The van der Waals surface area contributed by atoms with E-state index in [-0.39, 0.29) is 6.03 Å². The Morgan fingerprint density at radius 1 is 1.29 bits per heavy atom. The monoisotopic (exact) mass is 378 g/mol. The Morgan fingerprint density at radius 2 is 2.14 bits per heavy atom. The molecule has 2 amide bonds. The Kier molecular flexibility index (Phi) is 5.14. The molecule has 1 aliphatic heterocycles. The molecule has 0 aliphatic carbocycles. The minimum absolute atomic E-state index is 0.0648. The van der Waals surface area contributed by atoms with Crippen molar-refractivity contribution in [3.8, 4) is 5.69 Å². The van der Waals surface area contributed by atoms with Gasteiger partial charge in [-0.2, -0.15) is 5.10 Å². The lowest BCUT2D eigenvalue weighted by Gasteiger charge is -2.33. The predicted molar refractivity (Wildman–Crippen MR) is 109 cm³/mol. The minimum Gasteiger partial charge on any atom is -0.337 e. The number of carbonyl (C=O) groups is 1. The van der Waals surface area contributed by atoms with Crippen molar-refractivity contribution in [2.24, 2.45) is 5.92 Å². The van der Waals surface area contributed by atoms with Gasteiger partial charge in [0.2, 0.25) is 0 Å². The minimum atomic E-state index is -0.0648. The highest BCUT2D eigenvalue weighted by Gasteiger charge is 2.25. The highest BCUT2D eigenvalue weighted by molar-refractivity contribution is 5.89. The van der Waals surface area contributed by atoms with Gasteiger partial charge in [-0.15, -0.1) is 0 Å². The summed E-state index contributed by atoms with van der Waals surface area (Å²) in [6.07, 6.45) is 7.75. The summed E-state index contributed by atoms with van der Waals surface area (Å²) in [6, 6.07) is 9.89. The van der Waals surface area contributed by atoms with Crippen LogP contribution in [0.15, 0.2) is 49.1 Å². The van der Waals surface area contributed by atoms with E-state index < -0.39 is 0 Å². The van der Waals surface area contributed by atoms with Crippen LogP contribution in [-0.4, -0.2) is 43.4 Å². The smallest absolute Gasteiger partial charge is 0.323 e. The van der Waals surface area contributed by atoms with Crippen molar-refractivity contribution in [1.29, 1.82) is 0 Å². The summed E-state index contributed by atoms with van der Waals surface area (Å²) < 4.78 is 3.90. The summed E-state index contributed by atoms with van der Waals surface area (Å²) in [5.74, 6) is 1.14. The van der Waals surface area contributed by atoms with Gasteiger partial charge in [0.1, 0.15) is 5.82 Å². The summed E-state index contributed by atoms with van der Waals surface area (Å²) in [6.45, 7) is 6.41. The fraction of sp³-hybridized carbons (Fsp3) is 0.381. The van der Waals surface area contributed by atoms with Gasteiger partial charge in [0.15, 0.2) is 0 Å². The maximum absolute atomic E-state index is 12.9. The number of rotatable bonds is 4. The molecule has 1 fully saturated rings. The highest BCUT2D eigenvalue weighted by atomic mass is 16.2. The number of aryl methyl sites for hydroxylation is 2. The number of likely N-dealkylation sites (tertiary alicyclic amines) is 1. The predicted octanol–water partition coefficient (Wildman–Crippen LogP) is 3.63. The van der Waals surface area contributed by atoms with Crippen molar-refractivity contribution >= 4 is 11.8 Å². The molecule has 3 aromatic rings. The van der Waals surface area contributed by atoms with E-state index in [0.29, 0.717) is 11.7 Å². The normalized spacial score (nSPS) is 16.9. The molecule has 1 saturated heterocycles. The molecule has 1 unspecified atom stereocenters. The second-order valence-electron chi connectivity index (χ2n) is 7.51. The molecule has 28 heavy (non-hydrogen) atoms. The van der Waals surface area contributed by atoms with Crippen molar-refractivity contribution < 1.29 is 4.79 Å². The van der Waals surface area contributed by atoms with Crippen LogP contribution in [0, 0.1) is 19.8 Å². The van der Waals surface area contributed by atoms with E-state index in [2.05, 4.69) is 20.0 Å². The zero-order valence-electron chi connectivity index (χ0n) is 16.4. The summed E-state index contributed by atoms with van der Waals surface area (Å²) in [4.78, 5) is 19.0. The third-order valence-electron chi connectivity index (χ3n) is 5.24. The first-order valence-corrected chi connectivity index (χ1v) is 9.74. The Morgan fingerprint density at radius 3 is 2.93 bits per heavy atom. The molecule has 2 aromatic heterocycles. The quantitative estimate of drug-likeness (QED) is 0.754. The standard InChI is InChI=1S/C21H26N6O/c1-16-6-3-4-8-19(16)27-20(12-17(2)24-27)23-21(28)26-10-5-7-18(14-26)13-25-11-9-22-15-25/h3-4,6,8-9,11-12,15,18H,5,7,10,13-14H2,1-2H3,(H,23,28). The maximum atomic E-state index is 12.9. The zero-order chi connectivity index (χ0) is 19.5. The SMILES string of the molecule is Cc1cc(NC(=O)N2CCCC(Cn3ccnc3)C2)n(-c2ccccc2C)n1. The molecular weight excluding hydrogens is 352 g/mol. The van der Waals surface area contributed by atoms with Gasteiger partial charge in [-0.3, -0.25) is 5.32 Å². The molecule has 0 radical (unpaired) electrons. The van der Waals surface area contributed by atoms with Crippen LogP contribution in [0.1, 0.15) is 24.1 Å². The fourth-order valence-corrected chi connectivity index (χ4v) is 3.85. The number of amides is 2. The number of aromatic nitrogens is 4. The van der Waals surface area contributed by atoms with Gasteiger partial charge < -0.3 is 9.47 Å². The number of imidazole rings is 1.